The predicted molar refractivity (Wildman–Crippen MR) is 124 cm³/mol. The van der Waals surface area contributed by atoms with Crippen LogP contribution >= 0.6 is 31.9 Å². The molecule has 0 aliphatic carbocycles. The van der Waals surface area contributed by atoms with Gasteiger partial charge in [-0.05, 0) is 55.0 Å². The highest BCUT2D eigenvalue weighted by molar-refractivity contribution is 9.10. The van der Waals surface area contributed by atoms with Crippen molar-refractivity contribution in [2.75, 3.05) is 4.90 Å². The Balaban J connectivity index is 1.83. The third-order valence-electron chi connectivity index (χ3n) is 5.30. The first-order valence-corrected chi connectivity index (χ1v) is 10.9. The molecule has 3 aromatic carbocycles. The molecule has 1 amide bonds. The summed E-state index contributed by atoms with van der Waals surface area (Å²) in [5.74, 6) is -0.222. The van der Waals surface area contributed by atoms with Crippen molar-refractivity contribution in [1.29, 1.82) is 0 Å². The van der Waals surface area contributed by atoms with Gasteiger partial charge in [0.25, 0.3) is 5.91 Å². The quantitative estimate of drug-likeness (QED) is 0.306. The van der Waals surface area contributed by atoms with E-state index in [1.54, 1.807) is 11.0 Å². The Bertz CT molecular complexity index is 1380. The summed E-state index contributed by atoms with van der Waals surface area (Å²) in [6, 6.07) is 20.0. The largest absolute Gasteiger partial charge is 0.450 e. The van der Waals surface area contributed by atoms with Crippen LogP contribution in [0.25, 0.3) is 11.0 Å². The number of hydrogen-bond acceptors (Lipinski definition) is 3. The molecular formula is C24H15Br2NO3. The number of rotatable bonds is 2. The molecule has 2 heterocycles. The van der Waals surface area contributed by atoms with Crippen molar-refractivity contribution < 1.29 is 9.21 Å². The van der Waals surface area contributed by atoms with E-state index < -0.39 is 6.04 Å². The topological polar surface area (TPSA) is 50.5 Å². The Morgan fingerprint density at radius 1 is 0.900 bits per heavy atom. The van der Waals surface area contributed by atoms with E-state index in [1.165, 1.54) is 0 Å². The highest BCUT2D eigenvalue weighted by Crippen LogP contribution is 2.42. The van der Waals surface area contributed by atoms with E-state index in [0.29, 0.717) is 22.2 Å². The summed E-state index contributed by atoms with van der Waals surface area (Å²) in [5.41, 5.74) is 3.11. The van der Waals surface area contributed by atoms with Gasteiger partial charge in [-0.25, -0.2) is 0 Å². The maximum atomic E-state index is 13.6. The van der Waals surface area contributed by atoms with Crippen LogP contribution < -0.4 is 10.3 Å². The number of halogens is 2. The van der Waals surface area contributed by atoms with Crippen LogP contribution in [0.4, 0.5) is 5.69 Å². The summed E-state index contributed by atoms with van der Waals surface area (Å²) < 4.78 is 7.77. The first-order valence-electron chi connectivity index (χ1n) is 9.36. The standard InChI is InChI=1S/C24H15Br2NO3/c1-13-5-10-19-18(11-13)22(28)20-21(14-6-8-15(25)9-7-14)27(24(29)23(20)30-19)17-4-2-3-16(26)12-17/h2-12,21H,1H3. The van der Waals surface area contributed by atoms with Gasteiger partial charge in [0.15, 0.2) is 5.43 Å². The van der Waals surface area contributed by atoms with E-state index in [2.05, 4.69) is 31.9 Å². The van der Waals surface area contributed by atoms with Gasteiger partial charge in [-0.3, -0.25) is 14.5 Å². The molecule has 0 radical (unpaired) electrons. The summed E-state index contributed by atoms with van der Waals surface area (Å²) in [4.78, 5) is 28.7. The van der Waals surface area contributed by atoms with E-state index in [0.717, 1.165) is 20.1 Å². The molecule has 0 saturated carbocycles. The summed E-state index contributed by atoms with van der Waals surface area (Å²) in [6.07, 6.45) is 0. The van der Waals surface area contributed by atoms with Gasteiger partial charge in [-0.1, -0.05) is 61.7 Å². The second-order valence-corrected chi connectivity index (χ2v) is 9.11. The number of aryl methyl sites for hydroxylation is 1. The number of fused-ring (bicyclic) bond motifs is 2. The van der Waals surface area contributed by atoms with Crippen LogP contribution in [0.5, 0.6) is 0 Å². The van der Waals surface area contributed by atoms with E-state index in [9.17, 15) is 9.59 Å². The normalized spacial score (nSPS) is 15.6. The summed E-state index contributed by atoms with van der Waals surface area (Å²) in [7, 11) is 0. The van der Waals surface area contributed by atoms with Crippen molar-refractivity contribution in [2.45, 2.75) is 13.0 Å². The maximum absolute atomic E-state index is 13.6. The van der Waals surface area contributed by atoms with Crippen molar-refractivity contribution in [3.05, 3.63) is 108 Å². The van der Waals surface area contributed by atoms with Crippen LogP contribution in [0.15, 0.2) is 84.9 Å². The Morgan fingerprint density at radius 3 is 2.40 bits per heavy atom. The Hall–Kier alpha value is -2.70. The molecule has 1 aromatic heterocycles. The molecule has 1 aliphatic rings. The molecule has 0 bridgehead atoms. The SMILES string of the molecule is Cc1ccc2oc3c(c(=O)c2c1)C(c1ccc(Br)cc1)N(c1cccc(Br)c1)C3=O. The number of carbonyl (C=O) groups excluding carboxylic acids is 1. The Labute approximate surface area is 189 Å². The molecule has 1 aliphatic heterocycles. The average molecular weight is 525 g/mol. The third kappa shape index (κ3) is 3.02. The molecule has 0 saturated heterocycles. The molecule has 4 aromatic rings. The lowest BCUT2D eigenvalue weighted by atomic mass is 9.98. The summed E-state index contributed by atoms with van der Waals surface area (Å²) in [6.45, 7) is 1.93. The van der Waals surface area contributed by atoms with E-state index >= 15 is 0 Å². The van der Waals surface area contributed by atoms with E-state index in [-0.39, 0.29) is 17.1 Å². The monoisotopic (exact) mass is 523 g/mol. The van der Waals surface area contributed by atoms with E-state index in [4.69, 9.17) is 4.42 Å². The van der Waals surface area contributed by atoms with Gasteiger partial charge in [-0.2, -0.15) is 0 Å². The smallest absolute Gasteiger partial charge is 0.295 e. The fraction of sp³-hybridized carbons (Fsp3) is 0.0833. The molecule has 4 nitrogen and oxygen atoms in total. The minimum atomic E-state index is -0.573. The third-order valence-corrected chi connectivity index (χ3v) is 6.32. The highest BCUT2D eigenvalue weighted by Gasteiger charge is 2.43. The second kappa shape index (κ2) is 7.22. The first-order chi connectivity index (χ1) is 14.4. The molecule has 30 heavy (non-hydrogen) atoms. The zero-order valence-electron chi connectivity index (χ0n) is 15.9. The van der Waals surface area contributed by atoms with Gasteiger partial charge in [0.2, 0.25) is 5.76 Å². The van der Waals surface area contributed by atoms with Crippen molar-refractivity contribution in [2.24, 2.45) is 0 Å². The molecule has 6 heteroatoms. The van der Waals surface area contributed by atoms with Crippen LogP contribution in [-0.4, -0.2) is 5.91 Å². The van der Waals surface area contributed by atoms with Crippen molar-refractivity contribution >= 4 is 54.4 Å². The maximum Gasteiger partial charge on any atom is 0.295 e. The average Bonchev–Trinajstić information content (AvgIpc) is 3.02. The number of carbonyl (C=O) groups is 1. The van der Waals surface area contributed by atoms with Crippen LogP contribution in [0.2, 0.25) is 0 Å². The van der Waals surface area contributed by atoms with Gasteiger partial charge < -0.3 is 4.42 Å². The number of benzene rings is 3. The number of anilines is 1. The van der Waals surface area contributed by atoms with Crippen LogP contribution in [0.3, 0.4) is 0 Å². The zero-order valence-corrected chi connectivity index (χ0v) is 19.0. The molecule has 5 rings (SSSR count). The van der Waals surface area contributed by atoms with Crippen molar-refractivity contribution in [3.8, 4) is 0 Å². The molecule has 0 spiro atoms. The van der Waals surface area contributed by atoms with Crippen LogP contribution in [0, 0.1) is 6.92 Å². The first kappa shape index (κ1) is 19.3. The second-order valence-electron chi connectivity index (χ2n) is 7.28. The van der Waals surface area contributed by atoms with E-state index in [1.807, 2.05) is 67.6 Å². The fourth-order valence-corrected chi connectivity index (χ4v) is 4.59. The molecule has 0 N–H and O–H groups in total. The lowest BCUT2D eigenvalue weighted by Gasteiger charge is -2.25. The molecular weight excluding hydrogens is 510 g/mol. The van der Waals surface area contributed by atoms with Crippen molar-refractivity contribution in [3.63, 3.8) is 0 Å². The zero-order chi connectivity index (χ0) is 21.0. The number of amides is 1. The van der Waals surface area contributed by atoms with Crippen molar-refractivity contribution in [1.82, 2.24) is 0 Å². The van der Waals surface area contributed by atoms with Gasteiger partial charge in [0.1, 0.15) is 5.58 Å². The minimum absolute atomic E-state index is 0.101. The lowest BCUT2D eigenvalue weighted by Crippen LogP contribution is -2.29. The predicted octanol–water partition coefficient (Wildman–Crippen LogP) is 6.38. The Kier molecular flexibility index (Phi) is 4.64. The molecule has 0 fully saturated rings. The lowest BCUT2D eigenvalue weighted by molar-refractivity contribution is 0.0971. The van der Waals surface area contributed by atoms with Crippen LogP contribution in [-0.2, 0) is 0 Å². The van der Waals surface area contributed by atoms with Gasteiger partial charge in [-0.15, -0.1) is 0 Å². The minimum Gasteiger partial charge on any atom is -0.450 e. The number of hydrogen-bond donors (Lipinski definition) is 0. The molecule has 148 valence electrons. The fourth-order valence-electron chi connectivity index (χ4n) is 3.94. The highest BCUT2D eigenvalue weighted by atomic mass is 79.9. The summed E-state index contributed by atoms with van der Waals surface area (Å²) in [5, 5.41) is 0.486. The number of nitrogens with zero attached hydrogens (tertiary/aromatic N) is 1. The molecule has 1 atom stereocenters. The van der Waals surface area contributed by atoms with Gasteiger partial charge in [0, 0.05) is 14.6 Å². The van der Waals surface area contributed by atoms with Crippen LogP contribution in [0.1, 0.15) is 33.3 Å². The Morgan fingerprint density at radius 2 is 1.67 bits per heavy atom. The van der Waals surface area contributed by atoms with Gasteiger partial charge in [0.05, 0.1) is 17.0 Å². The summed E-state index contributed by atoms with van der Waals surface area (Å²) >= 11 is 6.93. The molecule has 1 unspecified atom stereocenters. The van der Waals surface area contributed by atoms with Gasteiger partial charge >= 0.3 is 0 Å².